The number of aromatic hydroxyl groups is 1. The van der Waals surface area contributed by atoms with Gasteiger partial charge in [0.15, 0.2) is 0 Å². The minimum atomic E-state index is 0.0589. The van der Waals surface area contributed by atoms with Crippen molar-refractivity contribution in [1.82, 2.24) is 0 Å². The molecule has 0 bridgehead atoms. The molecule has 2 N–H and O–H groups in total. The maximum Gasteiger partial charge on any atom is 0.118 e. The molecule has 2 heteroatoms. The lowest BCUT2D eigenvalue weighted by Crippen LogP contribution is -2.09. The summed E-state index contributed by atoms with van der Waals surface area (Å²) in [6.07, 6.45) is 1.93. The molecular formula is C17H18O2. The summed E-state index contributed by atoms with van der Waals surface area (Å²) < 4.78 is 0. The van der Waals surface area contributed by atoms with Crippen molar-refractivity contribution in [2.45, 2.75) is 33.3 Å². The molecule has 0 aliphatic heterocycles. The Labute approximate surface area is 113 Å². The van der Waals surface area contributed by atoms with Crippen LogP contribution in [0.15, 0.2) is 24.3 Å². The average molecular weight is 254 g/mol. The van der Waals surface area contributed by atoms with Crippen LogP contribution in [-0.2, 0) is 19.4 Å². The molecule has 0 fully saturated rings. The third-order valence-corrected chi connectivity index (χ3v) is 4.10. The first-order chi connectivity index (χ1) is 9.11. The molecule has 0 amide bonds. The Morgan fingerprint density at radius 2 is 1.89 bits per heavy atom. The van der Waals surface area contributed by atoms with Crippen molar-refractivity contribution < 1.29 is 10.2 Å². The molecule has 0 aromatic heterocycles. The number of aryl methyl sites for hydroxylation is 2. The highest BCUT2D eigenvalue weighted by Crippen LogP contribution is 2.40. The van der Waals surface area contributed by atoms with Gasteiger partial charge in [-0.15, -0.1) is 0 Å². The summed E-state index contributed by atoms with van der Waals surface area (Å²) in [5.41, 5.74) is 8.00. The SMILES string of the molecule is Cc1cc(CO)c2c(c1)CCc1c-2ccc(O)c1C. The van der Waals surface area contributed by atoms with Gasteiger partial charge < -0.3 is 10.2 Å². The van der Waals surface area contributed by atoms with E-state index in [2.05, 4.69) is 19.1 Å². The zero-order valence-electron chi connectivity index (χ0n) is 11.3. The molecule has 0 heterocycles. The van der Waals surface area contributed by atoms with Gasteiger partial charge in [0.2, 0.25) is 0 Å². The molecule has 1 aliphatic carbocycles. The molecule has 0 spiro atoms. The third kappa shape index (κ3) is 1.83. The number of phenolic OH excluding ortho intramolecular Hbond substituents is 1. The highest BCUT2D eigenvalue weighted by atomic mass is 16.3. The summed E-state index contributed by atoms with van der Waals surface area (Å²) in [5, 5.41) is 19.5. The number of rotatable bonds is 1. The fourth-order valence-corrected chi connectivity index (χ4v) is 3.17. The third-order valence-electron chi connectivity index (χ3n) is 4.10. The molecule has 98 valence electrons. The van der Waals surface area contributed by atoms with Gasteiger partial charge in [0.05, 0.1) is 6.61 Å². The number of aliphatic hydroxyl groups is 1. The lowest BCUT2D eigenvalue weighted by molar-refractivity contribution is 0.282. The van der Waals surface area contributed by atoms with Gasteiger partial charge in [-0.05, 0) is 66.1 Å². The van der Waals surface area contributed by atoms with Gasteiger partial charge in [0.25, 0.3) is 0 Å². The Kier molecular flexibility index (Phi) is 2.83. The normalized spacial score (nSPS) is 13.0. The molecule has 19 heavy (non-hydrogen) atoms. The van der Waals surface area contributed by atoms with E-state index in [9.17, 15) is 10.2 Å². The summed E-state index contributed by atoms with van der Waals surface area (Å²) in [6.45, 7) is 4.09. The van der Waals surface area contributed by atoms with Gasteiger partial charge in [0.1, 0.15) is 5.75 Å². The summed E-state index contributed by atoms with van der Waals surface area (Å²) >= 11 is 0. The van der Waals surface area contributed by atoms with Gasteiger partial charge in [-0.3, -0.25) is 0 Å². The molecule has 2 aromatic carbocycles. The van der Waals surface area contributed by atoms with Crippen LogP contribution in [0.1, 0.15) is 27.8 Å². The zero-order valence-corrected chi connectivity index (χ0v) is 11.3. The first-order valence-corrected chi connectivity index (χ1v) is 6.67. The van der Waals surface area contributed by atoms with E-state index in [1.54, 1.807) is 6.07 Å². The molecule has 0 unspecified atom stereocenters. The monoisotopic (exact) mass is 254 g/mol. The van der Waals surface area contributed by atoms with E-state index in [0.29, 0.717) is 5.75 Å². The fourth-order valence-electron chi connectivity index (χ4n) is 3.17. The van der Waals surface area contributed by atoms with E-state index in [4.69, 9.17) is 0 Å². The van der Waals surface area contributed by atoms with Crippen molar-refractivity contribution in [1.29, 1.82) is 0 Å². The minimum absolute atomic E-state index is 0.0589. The van der Waals surface area contributed by atoms with Crippen molar-refractivity contribution in [3.63, 3.8) is 0 Å². The maximum atomic E-state index is 9.84. The quantitative estimate of drug-likeness (QED) is 0.820. The van der Waals surface area contributed by atoms with Crippen LogP contribution < -0.4 is 0 Å². The van der Waals surface area contributed by atoms with Crippen molar-refractivity contribution in [3.8, 4) is 16.9 Å². The predicted molar refractivity (Wildman–Crippen MR) is 76.3 cm³/mol. The summed E-state index contributed by atoms with van der Waals surface area (Å²) in [5.74, 6) is 0.361. The van der Waals surface area contributed by atoms with E-state index in [1.165, 1.54) is 22.3 Å². The van der Waals surface area contributed by atoms with Gasteiger partial charge in [-0.2, -0.15) is 0 Å². The molecule has 3 rings (SSSR count). The topological polar surface area (TPSA) is 40.5 Å². The molecule has 0 saturated heterocycles. The predicted octanol–water partition coefficient (Wildman–Crippen LogP) is 3.27. The van der Waals surface area contributed by atoms with Gasteiger partial charge in [0, 0.05) is 0 Å². The van der Waals surface area contributed by atoms with Gasteiger partial charge in [-0.25, -0.2) is 0 Å². The number of hydrogen-bond acceptors (Lipinski definition) is 2. The van der Waals surface area contributed by atoms with E-state index in [1.807, 2.05) is 13.0 Å². The molecule has 0 atom stereocenters. The first-order valence-electron chi connectivity index (χ1n) is 6.67. The van der Waals surface area contributed by atoms with Crippen LogP contribution in [0.25, 0.3) is 11.1 Å². The lowest BCUT2D eigenvalue weighted by atomic mass is 9.80. The Morgan fingerprint density at radius 1 is 1.11 bits per heavy atom. The average Bonchev–Trinajstić information content (AvgIpc) is 2.41. The number of fused-ring (bicyclic) bond motifs is 3. The van der Waals surface area contributed by atoms with Crippen molar-refractivity contribution in [2.75, 3.05) is 0 Å². The largest absolute Gasteiger partial charge is 0.508 e. The Balaban J connectivity index is 2.32. The van der Waals surface area contributed by atoms with E-state index < -0.39 is 0 Å². The minimum Gasteiger partial charge on any atom is -0.508 e. The smallest absolute Gasteiger partial charge is 0.118 e. The lowest BCUT2D eigenvalue weighted by Gasteiger charge is -2.25. The van der Waals surface area contributed by atoms with Crippen molar-refractivity contribution >= 4 is 0 Å². The Bertz CT molecular complexity index is 640. The fraction of sp³-hybridized carbons (Fsp3) is 0.294. The molecule has 2 aromatic rings. The number of benzene rings is 2. The maximum absolute atomic E-state index is 9.84. The van der Waals surface area contributed by atoms with Crippen molar-refractivity contribution in [3.05, 3.63) is 52.1 Å². The van der Waals surface area contributed by atoms with E-state index >= 15 is 0 Å². The number of phenols is 1. The van der Waals surface area contributed by atoms with Gasteiger partial charge >= 0.3 is 0 Å². The standard InChI is InChI=1S/C17H18O2/c1-10-7-12-3-4-14-11(2)16(19)6-5-15(14)17(12)13(8-10)9-18/h5-8,18-19H,3-4,9H2,1-2H3. The molecular weight excluding hydrogens is 236 g/mol. The van der Waals surface area contributed by atoms with Crippen LogP contribution in [0.5, 0.6) is 5.75 Å². The number of aliphatic hydroxyl groups excluding tert-OH is 1. The summed E-state index contributed by atoms with van der Waals surface area (Å²) in [7, 11) is 0. The second-order valence-corrected chi connectivity index (χ2v) is 5.35. The second-order valence-electron chi connectivity index (χ2n) is 5.35. The molecule has 1 aliphatic rings. The second kappa shape index (κ2) is 4.39. The number of hydrogen-bond donors (Lipinski definition) is 2. The molecule has 2 nitrogen and oxygen atoms in total. The Morgan fingerprint density at radius 3 is 2.63 bits per heavy atom. The van der Waals surface area contributed by atoms with Crippen molar-refractivity contribution in [2.24, 2.45) is 0 Å². The van der Waals surface area contributed by atoms with Crippen LogP contribution in [0.3, 0.4) is 0 Å². The van der Waals surface area contributed by atoms with Crippen LogP contribution in [0.2, 0.25) is 0 Å². The zero-order chi connectivity index (χ0) is 13.6. The summed E-state index contributed by atoms with van der Waals surface area (Å²) in [4.78, 5) is 0. The van der Waals surface area contributed by atoms with Crippen LogP contribution >= 0.6 is 0 Å². The van der Waals surface area contributed by atoms with Crippen LogP contribution in [-0.4, -0.2) is 10.2 Å². The van der Waals surface area contributed by atoms with Gasteiger partial charge in [-0.1, -0.05) is 23.8 Å². The first kappa shape index (κ1) is 12.2. The molecule has 0 saturated carbocycles. The summed E-state index contributed by atoms with van der Waals surface area (Å²) in [6, 6.07) is 7.99. The van der Waals surface area contributed by atoms with Crippen LogP contribution in [0, 0.1) is 13.8 Å². The van der Waals surface area contributed by atoms with Crippen LogP contribution in [0.4, 0.5) is 0 Å². The molecule has 0 radical (unpaired) electrons. The van der Waals surface area contributed by atoms with E-state index in [0.717, 1.165) is 29.5 Å². The highest BCUT2D eigenvalue weighted by Gasteiger charge is 2.21. The van der Waals surface area contributed by atoms with E-state index in [-0.39, 0.29) is 6.61 Å². The highest BCUT2D eigenvalue weighted by molar-refractivity contribution is 5.78. The Hall–Kier alpha value is -1.80.